The Labute approximate surface area is 128 Å². The van der Waals surface area contributed by atoms with Gasteiger partial charge in [-0.1, -0.05) is 57.2 Å². The Balaban J connectivity index is 1.77. The van der Waals surface area contributed by atoms with Crippen molar-refractivity contribution in [3.05, 3.63) is 54.1 Å². The Hall–Kier alpha value is -1.76. The van der Waals surface area contributed by atoms with E-state index in [-0.39, 0.29) is 5.41 Å². The Morgan fingerprint density at radius 1 is 0.952 bits per heavy atom. The maximum Gasteiger partial charge on any atom is 0.119 e. The smallest absolute Gasteiger partial charge is 0.119 e. The molecule has 0 aromatic heterocycles. The third-order valence-corrected chi connectivity index (χ3v) is 4.10. The van der Waals surface area contributed by atoms with E-state index in [2.05, 4.69) is 69.3 Å². The topological polar surface area (TPSA) is 9.23 Å². The fraction of sp³-hybridized carbons (Fsp3) is 0.400. The number of hydrogen-bond acceptors (Lipinski definition) is 1. The normalized spacial score (nSPS) is 15.0. The van der Waals surface area contributed by atoms with Gasteiger partial charge in [0, 0.05) is 0 Å². The van der Waals surface area contributed by atoms with Crippen LogP contribution < -0.4 is 4.74 Å². The van der Waals surface area contributed by atoms with Crippen LogP contribution >= 0.6 is 0 Å². The van der Waals surface area contributed by atoms with Crippen LogP contribution in [0.25, 0.3) is 11.1 Å². The van der Waals surface area contributed by atoms with Gasteiger partial charge in [0.2, 0.25) is 0 Å². The van der Waals surface area contributed by atoms with Gasteiger partial charge in [0.05, 0.1) is 6.61 Å². The van der Waals surface area contributed by atoms with E-state index in [0.29, 0.717) is 0 Å². The average Bonchev–Trinajstić information content (AvgIpc) is 3.29. The summed E-state index contributed by atoms with van der Waals surface area (Å²) in [6, 6.07) is 17.3. The molecule has 0 spiro atoms. The van der Waals surface area contributed by atoms with Gasteiger partial charge in [-0.3, -0.25) is 0 Å². The fourth-order valence-corrected chi connectivity index (χ4v) is 2.43. The van der Waals surface area contributed by atoms with Crippen LogP contribution in [0.5, 0.6) is 5.75 Å². The lowest BCUT2D eigenvalue weighted by Crippen LogP contribution is -2.10. The highest BCUT2D eigenvalue weighted by Gasteiger charge is 2.21. The molecule has 1 aliphatic rings. The molecule has 110 valence electrons. The summed E-state index contributed by atoms with van der Waals surface area (Å²) in [7, 11) is 0. The summed E-state index contributed by atoms with van der Waals surface area (Å²) in [5.41, 5.74) is 4.05. The van der Waals surface area contributed by atoms with Crippen molar-refractivity contribution in [1.82, 2.24) is 0 Å². The maximum atomic E-state index is 5.87. The zero-order valence-corrected chi connectivity index (χ0v) is 13.2. The highest BCUT2D eigenvalue weighted by atomic mass is 16.5. The van der Waals surface area contributed by atoms with Gasteiger partial charge in [-0.15, -0.1) is 0 Å². The first kappa shape index (κ1) is 14.2. The molecule has 1 fully saturated rings. The third kappa shape index (κ3) is 3.66. The summed E-state index contributed by atoms with van der Waals surface area (Å²) < 4.78 is 5.87. The largest absolute Gasteiger partial charge is 0.493 e. The van der Waals surface area contributed by atoms with Crippen LogP contribution in [0.4, 0.5) is 0 Å². The molecule has 0 heterocycles. The second-order valence-electron chi connectivity index (χ2n) is 7.11. The lowest BCUT2D eigenvalue weighted by molar-refractivity contribution is 0.300. The van der Waals surface area contributed by atoms with Crippen LogP contribution in [0.15, 0.2) is 48.5 Å². The first-order chi connectivity index (χ1) is 10.0. The number of rotatable bonds is 4. The van der Waals surface area contributed by atoms with E-state index in [0.717, 1.165) is 18.3 Å². The molecule has 2 aromatic rings. The molecule has 0 amide bonds. The molecule has 1 nitrogen and oxygen atoms in total. The van der Waals surface area contributed by atoms with Crippen LogP contribution in [0, 0.1) is 5.92 Å². The van der Waals surface area contributed by atoms with Crippen molar-refractivity contribution in [2.75, 3.05) is 6.61 Å². The van der Waals surface area contributed by atoms with Crippen molar-refractivity contribution < 1.29 is 4.74 Å². The van der Waals surface area contributed by atoms with Crippen LogP contribution in [0.2, 0.25) is 0 Å². The van der Waals surface area contributed by atoms with Gasteiger partial charge in [0.1, 0.15) is 5.75 Å². The van der Waals surface area contributed by atoms with Gasteiger partial charge in [0.25, 0.3) is 0 Å². The average molecular weight is 280 g/mol. The van der Waals surface area contributed by atoms with Gasteiger partial charge in [-0.05, 0) is 53.0 Å². The Morgan fingerprint density at radius 3 is 2.29 bits per heavy atom. The van der Waals surface area contributed by atoms with Crippen molar-refractivity contribution in [2.24, 2.45) is 5.92 Å². The van der Waals surface area contributed by atoms with Gasteiger partial charge in [-0.2, -0.15) is 0 Å². The van der Waals surface area contributed by atoms with Gasteiger partial charge >= 0.3 is 0 Å². The molecular formula is C20H24O. The zero-order valence-electron chi connectivity index (χ0n) is 13.2. The Kier molecular flexibility index (Phi) is 3.75. The molecule has 1 saturated carbocycles. The van der Waals surface area contributed by atoms with Crippen molar-refractivity contribution in [3.8, 4) is 16.9 Å². The fourth-order valence-electron chi connectivity index (χ4n) is 2.43. The SMILES string of the molecule is CC(C)(C)c1ccc(-c2cccc(OCC3CC3)c2)cc1. The molecule has 0 N–H and O–H groups in total. The summed E-state index contributed by atoms with van der Waals surface area (Å²) in [5, 5.41) is 0. The minimum atomic E-state index is 0.202. The molecule has 0 atom stereocenters. The zero-order chi connectivity index (χ0) is 14.9. The number of ether oxygens (including phenoxy) is 1. The molecule has 1 aliphatic carbocycles. The molecule has 0 aliphatic heterocycles. The van der Waals surface area contributed by atoms with E-state index >= 15 is 0 Å². The molecule has 3 rings (SSSR count). The van der Waals surface area contributed by atoms with E-state index in [9.17, 15) is 0 Å². The summed E-state index contributed by atoms with van der Waals surface area (Å²) >= 11 is 0. The standard InChI is InChI=1S/C20H24O/c1-20(2,3)18-11-9-16(10-12-18)17-5-4-6-19(13-17)21-14-15-7-8-15/h4-6,9-13,15H,7-8,14H2,1-3H3. The Morgan fingerprint density at radius 2 is 1.67 bits per heavy atom. The summed E-state index contributed by atoms with van der Waals surface area (Å²) in [4.78, 5) is 0. The lowest BCUT2D eigenvalue weighted by Gasteiger charge is -2.19. The molecule has 21 heavy (non-hydrogen) atoms. The molecular weight excluding hydrogens is 256 g/mol. The van der Waals surface area contributed by atoms with E-state index in [1.54, 1.807) is 0 Å². The number of benzene rings is 2. The van der Waals surface area contributed by atoms with E-state index in [1.807, 2.05) is 0 Å². The molecule has 1 heteroatoms. The first-order valence-corrected chi connectivity index (χ1v) is 7.86. The molecule has 0 unspecified atom stereocenters. The van der Waals surface area contributed by atoms with Crippen molar-refractivity contribution in [2.45, 2.75) is 39.0 Å². The minimum absolute atomic E-state index is 0.202. The maximum absolute atomic E-state index is 5.87. The molecule has 0 bridgehead atoms. The third-order valence-electron chi connectivity index (χ3n) is 4.10. The monoisotopic (exact) mass is 280 g/mol. The van der Waals surface area contributed by atoms with Crippen LogP contribution in [0.1, 0.15) is 39.2 Å². The van der Waals surface area contributed by atoms with Crippen LogP contribution in [-0.2, 0) is 5.41 Å². The van der Waals surface area contributed by atoms with Crippen molar-refractivity contribution in [3.63, 3.8) is 0 Å². The van der Waals surface area contributed by atoms with E-state index < -0.39 is 0 Å². The van der Waals surface area contributed by atoms with E-state index in [4.69, 9.17) is 4.74 Å². The molecule has 0 saturated heterocycles. The quantitative estimate of drug-likeness (QED) is 0.724. The molecule has 0 radical (unpaired) electrons. The van der Waals surface area contributed by atoms with Gasteiger partial charge < -0.3 is 4.74 Å². The Bertz CT molecular complexity index is 600. The predicted molar refractivity (Wildman–Crippen MR) is 88.8 cm³/mol. The second kappa shape index (κ2) is 5.55. The van der Waals surface area contributed by atoms with Gasteiger partial charge in [-0.25, -0.2) is 0 Å². The highest BCUT2D eigenvalue weighted by Crippen LogP contribution is 2.31. The second-order valence-corrected chi connectivity index (χ2v) is 7.11. The highest BCUT2D eigenvalue weighted by molar-refractivity contribution is 5.65. The van der Waals surface area contributed by atoms with Crippen molar-refractivity contribution >= 4 is 0 Å². The minimum Gasteiger partial charge on any atom is -0.493 e. The van der Waals surface area contributed by atoms with Gasteiger partial charge in [0.15, 0.2) is 0 Å². The summed E-state index contributed by atoms with van der Waals surface area (Å²) in [5.74, 6) is 1.78. The predicted octanol–water partition coefficient (Wildman–Crippen LogP) is 5.44. The summed E-state index contributed by atoms with van der Waals surface area (Å²) in [6.07, 6.45) is 2.65. The van der Waals surface area contributed by atoms with E-state index in [1.165, 1.54) is 29.5 Å². The van der Waals surface area contributed by atoms with Crippen molar-refractivity contribution in [1.29, 1.82) is 0 Å². The van der Waals surface area contributed by atoms with Crippen LogP contribution in [0.3, 0.4) is 0 Å². The first-order valence-electron chi connectivity index (χ1n) is 7.86. The summed E-state index contributed by atoms with van der Waals surface area (Å²) in [6.45, 7) is 7.60. The molecule has 2 aromatic carbocycles. The van der Waals surface area contributed by atoms with Crippen LogP contribution in [-0.4, -0.2) is 6.61 Å². The number of hydrogen-bond donors (Lipinski definition) is 0. The lowest BCUT2D eigenvalue weighted by atomic mass is 9.86.